The Morgan fingerprint density at radius 1 is 0.588 bits per heavy atom. The molecule has 3 aliphatic heterocycles. The number of nitrogens with zero attached hydrogens (tertiary/aromatic N) is 3. The smallest absolute Gasteiger partial charge is 0.252 e. The summed E-state index contributed by atoms with van der Waals surface area (Å²) in [6.45, 7) is 25.9. The van der Waals surface area contributed by atoms with Gasteiger partial charge in [0, 0.05) is 64.9 Å². The zero-order valence-corrected chi connectivity index (χ0v) is 48.7. The quantitative estimate of drug-likeness (QED) is 0.106. The van der Waals surface area contributed by atoms with Crippen molar-refractivity contribution in [3.8, 4) is 16.9 Å². The minimum atomic E-state index is -0.170. The molecular formula is C75H74BN3O. The summed E-state index contributed by atoms with van der Waals surface area (Å²) in [5.74, 6) is 1.98. The molecule has 0 amide bonds. The Hall–Kier alpha value is -8.28. The third-order valence-corrected chi connectivity index (χ3v) is 16.7. The molecular weight excluding hydrogens is 970 g/mol. The van der Waals surface area contributed by atoms with Crippen LogP contribution in [-0.4, -0.2) is 13.3 Å². The van der Waals surface area contributed by atoms with Gasteiger partial charge < -0.3 is 19.4 Å². The first-order valence-corrected chi connectivity index (χ1v) is 28.8. The largest absolute Gasteiger partial charge is 0.461 e. The molecule has 4 aliphatic rings. The first-order valence-electron chi connectivity index (χ1n) is 28.8. The van der Waals surface area contributed by atoms with Crippen LogP contribution in [0.1, 0.15) is 103 Å². The van der Waals surface area contributed by atoms with Crippen LogP contribution in [0.4, 0.5) is 45.5 Å². The molecule has 0 aromatic heterocycles. The number of benzene rings is 8. The molecule has 5 heteroatoms. The van der Waals surface area contributed by atoms with Crippen molar-refractivity contribution in [1.82, 2.24) is 0 Å². The molecule has 0 unspecified atom stereocenters. The van der Waals surface area contributed by atoms with Crippen molar-refractivity contribution in [2.45, 2.75) is 99.8 Å². The van der Waals surface area contributed by atoms with Crippen LogP contribution in [0.25, 0.3) is 16.7 Å². The third kappa shape index (κ3) is 9.86. The van der Waals surface area contributed by atoms with E-state index in [0.717, 1.165) is 58.2 Å². The first-order chi connectivity index (χ1) is 38.4. The van der Waals surface area contributed by atoms with Gasteiger partial charge in [-0.05, 0) is 169 Å². The SMILES string of the molecule is C/C=C(\C=C(/CN(c1ccccc1)c1ccc2c(c1)N(c1cccc(-c3ccc4c(c3)OC3=C(C=CC=CC3)C4)c1)c1cc(C(C)(C)C)cc3c1B2c1cc(C)ccc1N3c1ccc(C(C)(C)C)cc1)c1ccccc1)C(C)(C)C. The summed E-state index contributed by atoms with van der Waals surface area (Å²) in [5.41, 5.74) is 25.4. The summed E-state index contributed by atoms with van der Waals surface area (Å²) in [5, 5.41) is 0. The number of ether oxygens (including phenoxy) is 1. The van der Waals surface area contributed by atoms with Crippen LogP contribution < -0.4 is 35.8 Å². The summed E-state index contributed by atoms with van der Waals surface area (Å²) in [6.07, 6.45) is 15.0. The summed E-state index contributed by atoms with van der Waals surface area (Å²) in [6, 6.07) is 66.7. The number of fused-ring (bicyclic) bond motifs is 5. The third-order valence-electron chi connectivity index (χ3n) is 16.7. The summed E-state index contributed by atoms with van der Waals surface area (Å²) in [4.78, 5) is 7.67. The van der Waals surface area contributed by atoms with E-state index in [1.54, 1.807) is 0 Å². The van der Waals surface area contributed by atoms with Gasteiger partial charge in [0.25, 0.3) is 6.71 Å². The van der Waals surface area contributed by atoms with Crippen LogP contribution in [0, 0.1) is 12.3 Å². The van der Waals surface area contributed by atoms with Crippen molar-refractivity contribution in [2.75, 3.05) is 21.2 Å². The van der Waals surface area contributed by atoms with E-state index in [9.17, 15) is 0 Å². The highest BCUT2D eigenvalue weighted by atomic mass is 16.5. The van der Waals surface area contributed by atoms with E-state index in [1.165, 1.54) is 83.7 Å². The van der Waals surface area contributed by atoms with E-state index >= 15 is 0 Å². The lowest BCUT2D eigenvalue weighted by atomic mass is 9.33. The molecule has 8 aromatic rings. The highest BCUT2D eigenvalue weighted by molar-refractivity contribution is 7.00. The van der Waals surface area contributed by atoms with Crippen LogP contribution in [0.2, 0.25) is 0 Å². The van der Waals surface area contributed by atoms with Gasteiger partial charge in [0.15, 0.2) is 0 Å². The monoisotopic (exact) mass is 1040 g/mol. The Balaban J connectivity index is 1.10. The normalized spacial score (nSPS) is 14.9. The van der Waals surface area contributed by atoms with Gasteiger partial charge in [-0.1, -0.05) is 207 Å². The molecule has 1 aliphatic carbocycles. The van der Waals surface area contributed by atoms with Gasteiger partial charge in [0.1, 0.15) is 11.5 Å². The fourth-order valence-electron chi connectivity index (χ4n) is 12.3. The number of hydrogen-bond donors (Lipinski definition) is 0. The molecule has 398 valence electrons. The molecule has 0 fully saturated rings. The lowest BCUT2D eigenvalue weighted by Gasteiger charge is -2.45. The molecule has 0 saturated heterocycles. The molecule has 4 nitrogen and oxygen atoms in total. The molecule has 0 spiro atoms. The number of hydrogen-bond acceptors (Lipinski definition) is 4. The molecule has 0 atom stereocenters. The maximum atomic E-state index is 6.73. The lowest BCUT2D eigenvalue weighted by molar-refractivity contribution is 0.395. The highest BCUT2D eigenvalue weighted by Crippen LogP contribution is 2.48. The van der Waals surface area contributed by atoms with Crippen molar-refractivity contribution in [3.63, 3.8) is 0 Å². The maximum Gasteiger partial charge on any atom is 0.252 e. The summed E-state index contributed by atoms with van der Waals surface area (Å²) < 4.78 is 6.73. The number of aryl methyl sites for hydroxylation is 1. The second kappa shape index (κ2) is 20.4. The molecule has 0 radical (unpaired) electrons. The predicted molar refractivity (Wildman–Crippen MR) is 343 cm³/mol. The van der Waals surface area contributed by atoms with Gasteiger partial charge in [-0.15, -0.1) is 0 Å². The van der Waals surface area contributed by atoms with Crippen molar-refractivity contribution in [2.24, 2.45) is 5.41 Å². The first kappa shape index (κ1) is 52.4. The van der Waals surface area contributed by atoms with Crippen LogP contribution in [0.15, 0.2) is 229 Å². The van der Waals surface area contributed by atoms with E-state index in [-0.39, 0.29) is 23.0 Å². The summed E-state index contributed by atoms with van der Waals surface area (Å²) >= 11 is 0. The van der Waals surface area contributed by atoms with Crippen LogP contribution in [0.3, 0.4) is 0 Å². The van der Waals surface area contributed by atoms with Crippen LogP contribution in [-0.2, 0) is 17.3 Å². The number of para-hydroxylation sites is 1. The number of rotatable bonds is 9. The topological polar surface area (TPSA) is 19.0 Å². The molecule has 0 bridgehead atoms. The summed E-state index contributed by atoms with van der Waals surface area (Å²) in [7, 11) is 0. The van der Waals surface area contributed by atoms with Crippen molar-refractivity contribution < 1.29 is 4.74 Å². The molecule has 0 saturated carbocycles. The van der Waals surface area contributed by atoms with Gasteiger partial charge >= 0.3 is 0 Å². The zero-order chi connectivity index (χ0) is 55.7. The zero-order valence-electron chi connectivity index (χ0n) is 48.7. The van der Waals surface area contributed by atoms with Gasteiger partial charge in [0.2, 0.25) is 0 Å². The molecule has 8 aromatic carbocycles. The van der Waals surface area contributed by atoms with Crippen molar-refractivity contribution in [1.29, 1.82) is 0 Å². The minimum absolute atomic E-state index is 0.0259. The van der Waals surface area contributed by atoms with Gasteiger partial charge in [0.05, 0.1) is 0 Å². The molecule has 12 rings (SSSR count). The second-order valence-corrected chi connectivity index (χ2v) is 25.4. The Morgan fingerprint density at radius 3 is 1.99 bits per heavy atom. The minimum Gasteiger partial charge on any atom is -0.461 e. The van der Waals surface area contributed by atoms with Crippen molar-refractivity contribution in [3.05, 3.63) is 257 Å². The van der Waals surface area contributed by atoms with E-state index < -0.39 is 0 Å². The average molecular weight is 1040 g/mol. The standard InChI is InChI=1S/C75H74BN3O/c1-12-57(73(3,4)5)43-56(51-23-16-13-17-24-51)49-77(60-27-19-15-20-28-60)62-38-39-64-67(48-62)79(63-29-22-26-52(44-63)53-32-33-55-42-54-25-18-14-21-30-70(54)80-71(55)45-53)69-47-59(75(9,10)11)46-68-72(69)76(64)65-41-50(2)31-40-66(65)78(68)61-36-34-58(35-37-61)74(6,7)8/h12-29,31-41,43-48H,30,42,49H2,1-11H3/b56-43+,57-12+. The Morgan fingerprint density at radius 2 is 1.29 bits per heavy atom. The van der Waals surface area contributed by atoms with Gasteiger partial charge in [-0.25, -0.2) is 0 Å². The van der Waals surface area contributed by atoms with Crippen LogP contribution >= 0.6 is 0 Å². The van der Waals surface area contributed by atoms with Gasteiger partial charge in [-0.3, -0.25) is 0 Å². The second-order valence-electron chi connectivity index (χ2n) is 25.4. The molecule has 3 heterocycles. The van der Waals surface area contributed by atoms with E-state index in [1.807, 2.05) is 0 Å². The molecule has 80 heavy (non-hydrogen) atoms. The number of anilines is 8. The van der Waals surface area contributed by atoms with E-state index in [4.69, 9.17) is 4.74 Å². The fraction of sp³-hybridized carbons (Fsp3) is 0.227. The fourth-order valence-corrected chi connectivity index (χ4v) is 12.3. The lowest BCUT2D eigenvalue weighted by Crippen LogP contribution is -2.61. The highest BCUT2D eigenvalue weighted by Gasteiger charge is 2.44. The number of allylic oxidation sites excluding steroid dienone is 8. The Kier molecular flexibility index (Phi) is 13.4. The predicted octanol–water partition coefficient (Wildman–Crippen LogP) is 18.3. The van der Waals surface area contributed by atoms with E-state index in [0.29, 0.717) is 6.54 Å². The van der Waals surface area contributed by atoms with Gasteiger partial charge in [-0.2, -0.15) is 0 Å². The van der Waals surface area contributed by atoms with Crippen molar-refractivity contribution >= 4 is 74.2 Å². The Labute approximate surface area is 476 Å². The Bertz CT molecular complexity index is 3860. The maximum absolute atomic E-state index is 6.73. The van der Waals surface area contributed by atoms with E-state index in [2.05, 4.69) is 303 Å². The molecule has 0 N–H and O–H groups in total. The average Bonchev–Trinajstić information content (AvgIpc) is 1.81. The van der Waals surface area contributed by atoms with Crippen LogP contribution in [0.5, 0.6) is 5.75 Å².